The molecule has 3 nitrogen and oxygen atoms in total. The number of rotatable bonds is 3. The molecule has 1 aliphatic heterocycles. The van der Waals surface area contributed by atoms with Crippen molar-refractivity contribution in [3.8, 4) is 0 Å². The van der Waals surface area contributed by atoms with Crippen molar-refractivity contribution < 1.29 is 4.79 Å². The van der Waals surface area contributed by atoms with E-state index >= 15 is 0 Å². The molecule has 1 aromatic carbocycles. The highest BCUT2D eigenvalue weighted by molar-refractivity contribution is 5.93. The van der Waals surface area contributed by atoms with Gasteiger partial charge in [0.2, 0.25) is 5.91 Å². The lowest BCUT2D eigenvalue weighted by atomic mass is 10.00. The first-order valence-corrected chi connectivity index (χ1v) is 6.70. The van der Waals surface area contributed by atoms with Crippen LogP contribution in [0.3, 0.4) is 0 Å². The summed E-state index contributed by atoms with van der Waals surface area (Å²) in [5.74, 6) is 0.741. The molecule has 1 aliphatic rings. The van der Waals surface area contributed by atoms with Crippen LogP contribution in [0.15, 0.2) is 18.2 Å². The minimum atomic E-state index is 0.118. The molecule has 0 spiro atoms. The fraction of sp³-hybridized carbons (Fsp3) is 0.533. The maximum atomic E-state index is 12.1. The highest BCUT2D eigenvalue weighted by Gasteiger charge is 2.22. The summed E-state index contributed by atoms with van der Waals surface area (Å²) in [5, 5.41) is 6.29. The Balaban J connectivity index is 2.12. The molecule has 0 radical (unpaired) electrons. The van der Waals surface area contributed by atoms with Crippen molar-refractivity contribution in [2.24, 2.45) is 5.92 Å². The molecule has 3 heteroatoms. The van der Waals surface area contributed by atoms with Gasteiger partial charge in [0.05, 0.1) is 5.92 Å². The molecule has 1 atom stereocenters. The Labute approximate surface area is 109 Å². The van der Waals surface area contributed by atoms with Gasteiger partial charge in [0.25, 0.3) is 0 Å². The Morgan fingerprint density at radius 3 is 2.83 bits per heavy atom. The average molecular weight is 246 g/mol. The van der Waals surface area contributed by atoms with E-state index in [4.69, 9.17) is 0 Å². The summed E-state index contributed by atoms with van der Waals surface area (Å²) < 4.78 is 0. The minimum absolute atomic E-state index is 0.118. The third kappa shape index (κ3) is 2.91. The molecular weight excluding hydrogens is 224 g/mol. The number of carbonyl (C=O) groups is 1. The van der Waals surface area contributed by atoms with E-state index in [2.05, 4.69) is 42.7 Å². The lowest BCUT2D eigenvalue weighted by molar-refractivity contribution is -0.119. The molecule has 2 N–H and O–H groups in total. The summed E-state index contributed by atoms with van der Waals surface area (Å²) in [7, 11) is 0. The van der Waals surface area contributed by atoms with Crippen molar-refractivity contribution in [2.45, 2.75) is 33.1 Å². The van der Waals surface area contributed by atoms with Crippen LogP contribution < -0.4 is 10.6 Å². The highest BCUT2D eigenvalue weighted by atomic mass is 16.1. The van der Waals surface area contributed by atoms with E-state index in [1.54, 1.807) is 0 Å². The molecule has 1 unspecified atom stereocenters. The van der Waals surface area contributed by atoms with Gasteiger partial charge < -0.3 is 10.6 Å². The van der Waals surface area contributed by atoms with Crippen LogP contribution in [0.25, 0.3) is 0 Å². The molecule has 1 amide bonds. The van der Waals surface area contributed by atoms with Crippen LogP contribution in [-0.2, 0) is 4.79 Å². The average Bonchev–Trinajstić information content (AvgIpc) is 2.85. The summed E-state index contributed by atoms with van der Waals surface area (Å²) in [6, 6.07) is 6.31. The van der Waals surface area contributed by atoms with Gasteiger partial charge in [-0.1, -0.05) is 26.0 Å². The number of hydrogen-bond acceptors (Lipinski definition) is 2. The predicted molar refractivity (Wildman–Crippen MR) is 74.9 cm³/mol. The summed E-state index contributed by atoms with van der Waals surface area (Å²) in [6.45, 7) is 8.11. The monoisotopic (exact) mass is 246 g/mol. The SMILES string of the molecule is Cc1ccc(C(C)C)cc1NC(=O)C1CCNC1. The molecule has 0 aliphatic carbocycles. The van der Waals surface area contributed by atoms with E-state index in [-0.39, 0.29) is 11.8 Å². The van der Waals surface area contributed by atoms with Gasteiger partial charge in [-0.3, -0.25) is 4.79 Å². The van der Waals surface area contributed by atoms with Crippen LogP contribution >= 0.6 is 0 Å². The first-order chi connectivity index (χ1) is 8.58. The van der Waals surface area contributed by atoms with E-state index < -0.39 is 0 Å². The summed E-state index contributed by atoms with van der Waals surface area (Å²) in [5.41, 5.74) is 3.34. The third-order valence-electron chi connectivity index (χ3n) is 3.62. The van der Waals surface area contributed by atoms with Crippen molar-refractivity contribution in [3.63, 3.8) is 0 Å². The molecule has 98 valence electrons. The fourth-order valence-corrected chi connectivity index (χ4v) is 2.25. The quantitative estimate of drug-likeness (QED) is 0.861. The lowest BCUT2D eigenvalue weighted by Crippen LogP contribution is -2.25. The van der Waals surface area contributed by atoms with Crippen LogP contribution in [0.4, 0.5) is 5.69 Å². The molecule has 1 heterocycles. The van der Waals surface area contributed by atoms with E-state index in [1.807, 2.05) is 6.92 Å². The van der Waals surface area contributed by atoms with Gasteiger partial charge in [-0.05, 0) is 43.0 Å². The Bertz CT molecular complexity index is 434. The van der Waals surface area contributed by atoms with Gasteiger partial charge in [-0.15, -0.1) is 0 Å². The van der Waals surface area contributed by atoms with Crippen LogP contribution in [0.2, 0.25) is 0 Å². The van der Waals surface area contributed by atoms with Crippen molar-refractivity contribution in [1.82, 2.24) is 5.32 Å². The highest BCUT2D eigenvalue weighted by Crippen LogP contribution is 2.23. The van der Waals surface area contributed by atoms with E-state index in [9.17, 15) is 4.79 Å². The number of aryl methyl sites for hydroxylation is 1. The molecule has 1 fully saturated rings. The van der Waals surface area contributed by atoms with E-state index in [0.29, 0.717) is 5.92 Å². The molecule has 0 saturated carbocycles. The van der Waals surface area contributed by atoms with Crippen LogP contribution in [0.1, 0.15) is 37.3 Å². The van der Waals surface area contributed by atoms with Crippen molar-refractivity contribution in [3.05, 3.63) is 29.3 Å². The number of nitrogens with one attached hydrogen (secondary N) is 2. The maximum Gasteiger partial charge on any atom is 0.228 e. The van der Waals surface area contributed by atoms with Gasteiger partial charge in [0.1, 0.15) is 0 Å². The van der Waals surface area contributed by atoms with Crippen molar-refractivity contribution in [2.75, 3.05) is 18.4 Å². The molecular formula is C15H22N2O. The lowest BCUT2D eigenvalue weighted by Gasteiger charge is -2.14. The number of amides is 1. The minimum Gasteiger partial charge on any atom is -0.326 e. The second-order valence-electron chi connectivity index (χ2n) is 5.41. The Kier molecular flexibility index (Phi) is 4.02. The number of benzene rings is 1. The molecule has 0 aromatic heterocycles. The zero-order chi connectivity index (χ0) is 13.1. The third-order valence-corrected chi connectivity index (χ3v) is 3.62. The second-order valence-corrected chi connectivity index (χ2v) is 5.41. The normalized spacial score (nSPS) is 19.2. The van der Waals surface area contributed by atoms with E-state index in [0.717, 1.165) is 30.8 Å². The molecule has 18 heavy (non-hydrogen) atoms. The Hall–Kier alpha value is -1.35. The maximum absolute atomic E-state index is 12.1. The second kappa shape index (κ2) is 5.53. The summed E-state index contributed by atoms with van der Waals surface area (Å²) in [6.07, 6.45) is 0.939. The Morgan fingerprint density at radius 1 is 1.44 bits per heavy atom. The van der Waals surface area contributed by atoms with E-state index in [1.165, 1.54) is 5.56 Å². The Morgan fingerprint density at radius 2 is 2.22 bits per heavy atom. The zero-order valence-corrected chi connectivity index (χ0v) is 11.4. The van der Waals surface area contributed by atoms with Crippen molar-refractivity contribution in [1.29, 1.82) is 0 Å². The van der Waals surface area contributed by atoms with Crippen molar-refractivity contribution >= 4 is 11.6 Å². The van der Waals surface area contributed by atoms with Crippen LogP contribution in [-0.4, -0.2) is 19.0 Å². The van der Waals surface area contributed by atoms with Gasteiger partial charge in [-0.25, -0.2) is 0 Å². The molecule has 1 saturated heterocycles. The van der Waals surface area contributed by atoms with Crippen LogP contribution in [0.5, 0.6) is 0 Å². The van der Waals surface area contributed by atoms with Gasteiger partial charge in [0.15, 0.2) is 0 Å². The molecule has 1 aromatic rings. The zero-order valence-electron chi connectivity index (χ0n) is 11.4. The largest absolute Gasteiger partial charge is 0.326 e. The standard InChI is InChI=1S/C15H22N2O/c1-10(2)12-5-4-11(3)14(8-12)17-15(18)13-6-7-16-9-13/h4-5,8,10,13,16H,6-7,9H2,1-3H3,(H,17,18). The molecule has 2 rings (SSSR count). The predicted octanol–water partition coefficient (Wildman–Crippen LogP) is 2.67. The van der Waals surface area contributed by atoms with Crippen LogP contribution in [0, 0.1) is 12.8 Å². The first kappa shape index (κ1) is 13.1. The summed E-state index contributed by atoms with van der Waals surface area (Å²) in [4.78, 5) is 12.1. The fourth-order valence-electron chi connectivity index (χ4n) is 2.25. The molecule has 0 bridgehead atoms. The number of anilines is 1. The van der Waals surface area contributed by atoms with Gasteiger partial charge in [0, 0.05) is 12.2 Å². The summed E-state index contributed by atoms with van der Waals surface area (Å²) >= 11 is 0. The number of carbonyl (C=O) groups excluding carboxylic acids is 1. The number of hydrogen-bond donors (Lipinski definition) is 2. The van der Waals surface area contributed by atoms with Gasteiger partial charge in [-0.2, -0.15) is 0 Å². The smallest absolute Gasteiger partial charge is 0.228 e. The van der Waals surface area contributed by atoms with Gasteiger partial charge >= 0.3 is 0 Å². The first-order valence-electron chi connectivity index (χ1n) is 6.70. The topological polar surface area (TPSA) is 41.1 Å².